The molecule has 15 heteroatoms. The van der Waals surface area contributed by atoms with E-state index in [2.05, 4.69) is 22.1 Å². The SMILES string of the molecule is CCC1=C2C=CN=C2CN1c1c2c(cc3c(=O)cc(C)oc13)CC(OOCC(O)(Cc1ccc(O)cc1)C(O)C(O)C(O)CO)C(C)(CCC1CNC(=O)C13CCCCC3)O2. The summed E-state index contributed by atoms with van der Waals surface area (Å²) < 4.78 is 13.6. The van der Waals surface area contributed by atoms with Crippen molar-refractivity contribution >= 4 is 28.3 Å². The second kappa shape index (κ2) is 16.9. The number of aliphatic imine (C=N–C) groups is 1. The fraction of sp³-hybridized carbons (Fsp3) is 0.543. The van der Waals surface area contributed by atoms with Crippen LogP contribution in [0.2, 0.25) is 0 Å². The van der Waals surface area contributed by atoms with Crippen molar-refractivity contribution in [2.24, 2.45) is 16.3 Å². The van der Waals surface area contributed by atoms with Crippen LogP contribution in [-0.4, -0.2) is 104 Å². The van der Waals surface area contributed by atoms with E-state index in [4.69, 9.17) is 18.9 Å². The van der Waals surface area contributed by atoms with Gasteiger partial charge in [0, 0.05) is 48.5 Å². The molecule has 328 valence electrons. The fourth-order valence-corrected chi connectivity index (χ4v) is 10.2. The number of hydrogen-bond acceptors (Lipinski definition) is 14. The molecule has 7 atom stereocenters. The van der Waals surface area contributed by atoms with E-state index in [0.717, 1.165) is 49.1 Å². The maximum absolute atomic E-state index is 13.7. The van der Waals surface area contributed by atoms with E-state index in [0.29, 0.717) is 71.6 Å². The number of carbonyl (C=O) groups excluding carboxylic acids is 1. The van der Waals surface area contributed by atoms with E-state index in [1.54, 1.807) is 19.2 Å². The summed E-state index contributed by atoms with van der Waals surface area (Å²) in [6.07, 6.45) is 3.48. The van der Waals surface area contributed by atoms with Crippen molar-refractivity contribution < 1.29 is 54.4 Å². The third kappa shape index (κ3) is 7.90. The van der Waals surface area contributed by atoms with Gasteiger partial charge in [-0.1, -0.05) is 38.3 Å². The van der Waals surface area contributed by atoms with Gasteiger partial charge in [-0.15, -0.1) is 0 Å². The number of carbonyl (C=O) groups is 1. The van der Waals surface area contributed by atoms with E-state index >= 15 is 0 Å². The van der Waals surface area contributed by atoms with Gasteiger partial charge in [0.2, 0.25) is 5.91 Å². The van der Waals surface area contributed by atoms with Crippen molar-refractivity contribution in [1.82, 2.24) is 5.32 Å². The summed E-state index contributed by atoms with van der Waals surface area (Å²) in [5.41, 5.74) is 0.970. The van der Waals surface area contributed by atoms with Gasteiger partial charge in [0.1, 0.15) is 59.4 Å². The highest BCUT2D eigenvalue weighted by Gasteiger charge is 2.53. The highest BCUT2D eigenvalue weighted by molar-refractivity contribution is 6.13. The molecule has 7 N–H and O–H groups in total. The molecule has 1 amide bonds. The summed E-state index contributed by atoms with van der Waals surface area (Å²) in [6, 6.07) is 9.09. The number of aromatic hydroxyl groups is 1. The molecule has 2 aromatic carbocycles. The molecule has 5 aliphatic rings. The molecule has 1 saturated carbocycles. The number of allylic oxidation sites excluding steroid dienone is 2. The molecule has 1 aromatic heterocycles. The number of hydrogen-bond donors (Lipinski definition) is 7. The zero-order chi connectivity index (χ0) is 43.3. The smallest absolute Gasteiger partial charge is 0.226 e. The zero-order valence-electron chi connectivity index (χ0n) is 34.9. The van der Waals surface area contributed by atoms with E-state index < -0.39 is 54.2 Å². The molecule has 3 aromatic rings. The van der Waals surface area contributed by atoms with Gasteiger partial charge in [0.25, 0.3) is 0 Å². The Labute approximate surface area is 353 Å². The van der Waals surface area contributed by atoms with Crippen molar-refractivity contribution in [1.29, 1.82) is 0 Å². The molecule has 1 spiro atoms. The van der Waals surface area contributed by atoms with Gasteiger partial charge < -0.3 is 50.0 Å². The van der Waals surface area contributed by atoms with E-state index in [9.17, 15) is 40.2 Å². The molecule has 8 rings (SSSR count). The minimum absolute atomic E-state index is 0.0169. The lowest BCUT2D eigenvalue weighted by Gasteiger charge is -2.44. The quantitative estimate of drug-likeness (QED) is 0.0856. The largest absolute Gasteiger partial charge is 0.508 e. The van der Waals surface area contributed by atoms with Gasteiger partial charge >= 0.3 is 0 Å². The van der Waals surface area contributed by atoms with Crippen LogP contribution < -0.4 is 20.4 Å². The number of aliphatic hydroxyl groups excluding tert-OH is 4. The average molecular weight is 844 g/mol. The molecular formula is C46H57N3O12. The van der Waals surface area contributed by atoms with Crippen LogP contribution in [0.15, 0.2) is 74.1 Å². The monoisotopic (exact) mass is 843 g/mol. The lowest BCUT2D eigenvalue weighted by atomic mass is 9.65. The number of aryl methyl sites for hydroxylation is 1. The van der Waals surface area contributed by atoms with Crippen LogP contribution in [0.4, 0.5) is 5.69 Å². The zero-order valence-corrected chi connectivity index (χ0v) is 34.9. The summed E-state index contributed by atoms with van der Waals surface area (Å²) in [4.78, 5) is 46.0. The Balaban J connectivity index is 1.17. The molecule has 1 saturated heterocycles. The third-order valence-corrected chi connectivity index (χ3v) is 13.8. The lowest BCUT2D eigenvalue weighted by Crippen LogP contribution is -2.58. The van der Waals surface area contributed by atoms with Crippen LogP contribution in [0, 0.1) is 18.3 Å². The first-order valence-corrected chi connectivity index (χ1v) is 21.5. The Hall–Kier alpha value is -4.61. The van der Waals surface area contributed by atoms with Crippen LogP contribution in [0.3, 0.4) is 0 Å². The predicted octanol–water partition coefficient (Wildman–Crippen LogP) is 3.80. The maximum Gasteiger partial charge on any atom is 0.226 e. The highest BCUT2D eigenvalue weighted by atomic mass is 17.2. The molecule has 1 aliphatic carbocycles. The standard InChI is InChI=1S/C46H57N3O12/c1-4-34-31-13-17-47-33(31)23-49(34)38-40-28(19-32-35(52)18-26(2)59-41(32)38)20-37(44(3,60-40)16-12-29-22-48-43(56)45(29)14-6-5-7-15-45)61-58-25-46(57,42(55)39(54)36(53)24-50)21-27-8-10-30(51)11-9-27/h8-11,13,17-19,29,36-37,39,42,50-51,53-55,57H,4-7,12,14-16,20-25H2,1-3H3,(H,48,56). The molecule has 0 radical (unpaired) electrons. The van der Waals surface area contributed by atoms with Crippen molar-refractivity contribution in [2.45, 2.75) is 121 Å². The summed E-state index contributed by atoms with van der Waals surface area (Å²) in [5.74, 6) is 1.10. The van der Waals surface area contributed by atoms with Gasteiger partial charge in [0.15, 0.2) is 16.8 Å². The number of nitrogens with zero attached hydrogens (tertiary/aromatic N) is 2. The van der Waals surface area contributed by atoms with E-state index in [-0.39, 0.29) is 35.8 Å². The molecule has 4 aliphatic heterocycles. The number of ether oxygens (including phenoxy) is 1. The summed E-state index contributed by atoms with van der Waals surface area (Å²) in [5, 5.41) is 67.2. The second-order valence-corrected chi connectivity index (χ2v) is 17.8. The van der Waals surface area contributed by atoms with E-state index in [1.807, 2.05) is 13.0 Å². The number of nitrogens with one attached hydrogen (secondary N) is 1. The minimum Gasteiger partial charge on any atom is -0.508 e. The normalized spacial score (nSPS) is 25.5. The summed E-state index contributed by atoms with van der Waals surface area (Å²) in [7, 11) is 0. The third-order valence-electron chi connectivity index (χ3n) is 13.8. The first-order valence-electron chi connectivity index (χ1n) is 21.5. The highest BCUT2D eigenvalue weighted by Crippen LogP contribution is 2.52. The Kier molecular flexibility index (Phi) is 11.9. The number of anilines is 1. The molecule has 15 nitrogen and oxygen atoms in total. The average Bonchev–Trinajstić information content (AvgIpc) is 3.93. The number of phenolic OH excluding ortho intramolecular Hbond substituents is 1. The molecular weight excluding hydrogens is 787 g/mol. The van der Waals surface area contributed by atoms with Crippen LogP contribution >= 0.6 is 0 Å². The first-order chi connectivity index (χ1) is 29.2. The summed E-state index contributed by atoms with van der Waals surface area (Å²) in [6.45, 7) is 5.14. The molecule has 0 bridgehead atoms. The Morgan fingerprint density at radius 1 is 1.10 bits per heavy atom. The Bertz CT molecular complexity index is 2300. The summed E-state index contributed by atoms with van der Waals surface area (Å²) >= 11 is 0. The van der Waals surface area contributed by atoms with Crippen molar-refractivity contribution in [3.05, 3.63) is 87.1 Å². The van der Waals surface area contributed by atoms with Crippen LogP contribution in [0.25, 0.3) is 11.0 Å². The Morgan fingerprint density at radius 2 is 1.85 bits per heavy atom. The Morgan fingerprint density at radius 3 is 2.57 bits per heavy atom. The lowest BCUT2D eigenvalue weighted by molar-refractivity contribution is -0.371. The van der Waals surface area contributed by atoms with Gasteiger partial charge in [0.05, 0.1) is 29.7 Å². The number of rotatable bonds is 15. The number of amides is 1. The van der Waals surface area contributed by atoms with Crippen LogP contribution in [-0.2, 0) is 27.4 Å². The van der Waals surface area contributed by atoms with Crippen LogP contribution in [0.5, 0.6) is 11.5 Å². The maximum atomic E-state index is 13.7. The second-order valence-electron chi connectivity index (χ2n) is 17.8. The van der Waals surface area contributed by atoms with Gasteiger partial charge in [-0.2, -0.15) is 0 Å². The van der Waals surface area contributed by atoms with Crippen molar-refractivity contribution in [2.75, 3.05) is 31.2 Å². The van der Waals surface area contributed by atoms with Crippen molar-refractivity contribution in [3.8, 4) is 11.5 Å². The van der Waals surface area contributed by atoms with Crippen LogP contribution in [0.1, 0.15) is 82.1 Å². The van der Waals surface area contributed by atoms with Crippen molar-refractivity contribution in [3.63, 3.8) is 0 Å². The number of aliphatic hydroxyl groups is 5. The molecule has 7 unspecified atom stereocenters. The molecule has 2 fully saturated rings. The predicted molar refractivity (Wildman–Crippen MR) is 225 cm³/mol. The van der Waals surface area contributed by atoms with E-state index in [1.165, 1.54) is 30.3 Å². The fourth-order valence-electron chi connectivity index (χ4n) is 10.2. The topological polar surface area (TPSA) is 224 Å². The molecule has 61 heavy (non-hydrogen) atoms. The first kappa shape index (κ1) is 43.1. The number of benzene rings is 2. The van der Waals surface area contributed by atoms with Gasteiger partial charge in [-0.05, 0) is 81.7 Å². The van der Waals surface area contributed by atoms with Gasteiger partial charge in [-0.25, -0.2) is 9.78 Å². The minimum atomic E-state index is -2.27. The number of phenols is 1. The van der Waals surface area contributed by atoms with Gasteiger partial charge in [-0.3, -0.25) is 14.6 Å². The molecule has 5 heterocycles. The number of fused-ring (bicyclic) bond motifs is 3.